The second-order valence-corrected chi connectivity index (χ2v) is 5.92. The molecule has 4 fully saturated rings. The van der Waals surface area contributed by atoms with Gasteiger partial charge in [0.2, 0.25) is 0 Å². The van der Waals surface area contributed by atoms with E-state index in [2.05, 4.69) is 25.7 Å². The molecule has 1 spiro atoms. The molecule has 3 saturated carbocycles. The van der Waals surface area contributed by atoms with Gasteiger partial charge in [0, 0.05) is 23.0 Å². The van der Waals surface area contributed by atoms with E-state index < -0.39 is 0 Å². The van der Waals surface area contributed by atoms with Crippen molar-refractivity contribution >= 4 is 0 Å². The lowest BCUT2D eigenvalue weighted by Crippen LogP contribution is -2.52. The normalized spacial score (nSPS) is 51.4. The van der Waals surface area contributed by atoms with Crippen molar-refractivity contribution in [3.8, 4) is 0 Å². The fourth-order valence-electron chi connectivity index (χ4n) is 4.43. The van der Waals surface area contributed by atoms with Crippen LogP contribution in [-0.2, 0) is 0 Å². The molecule has 1 unspecified atom stereocenters. The summed E-state index contributed by atoms with van der Waals surface area (Å²) in [7, 11) is 0. The number of nitrogens with zero attached hydrogens (tertiary/aromatic N) is 1. The first kappa shape index (κ1) is 11.4. The first-order chi connectivity index (χ1) is 7.09. The second kappa shape index (κ2) is 3.00. The van der Waals surface area contributed by atoms with Gasteiger partial charge in [0.05, 0.1) is 0 Å². The zero-order chi connectivity index (χ0) is 11.6. The number of rotatable bonds is 0. The highest BCUT2D eigenvalue weighted by molar-refractivity contribution is 5.53. The molecular weight excluding hydrogens is 182 g/mol. The maximum Gasteiger partial charge on any atom is 0.0217 e. The minimum Gasteiger partial charge on any atom is -0.291 e. The Kier molecular flexibility index (Phi) is 2.29. The summed E-state index contributed by atoms with van der Waals surface area (Å²) in [5.74, 6) is 2.33. The molecule has 0 radical (unpaired) electrons. The lowest BCUT2D eigenvalue weighted by atomic mass is 10.0. The standard InChI is InChI=1S/C10H15N.2C2H6/c1-9(2,3)11-7-5-4-6-8(11)10(5,6)7;2*1-2/h5-8H,4H2,1-3H3;2*1-2H3/t5-,6+,7+,8-,10?;;. The van der Waals surface area contributed by atoms with Crippen molar-refractivity contribution < 1.29 is 0 Å². The Balaban J connectivity index is 0.000000195. The van der Waals surface area contributed by atoms with Gasteiger partial charge in [-0.15, -0.1) is 0 Å². The highest BCUT2D eigenvalue weighted by atomic mass is 15.5. The minimum atomic E-state index is 0.461. The van der Waals surface area contributed by atoms with Gasteiger partial charge in [-0.1, -0.05) is 27.7 Å². The molecule has 4 aliphatic rings. The van der Waals surface area contributed by atoms with E-state index >= 15 is 0 Å². The van der Waals surface area contributed by atoms with Crippen LogP contribution in [0, 0.1) is 17.3 Å². The fourth-order valence-corrected chi connectivity index (χ4v) is 4.43. The van der Waals surface area contributed by atoms with Gasteiger partial charge in [0.1, 0.15) is 0 Å². The molecule has 1 saturated heterocycles. The third-order valence-corrected chi connectivity index (χ3v) is 4.73. The van der Waals surface area contributed by atoms with Crippen molar-refractivity contribution in [2.24, 2.45) is 17.3 Å². The first-order valence-corrected chi connectivity index (χ1v) is 6.88. The maximum absolute atomic E-state index is 2.78. The molecule has 0 N–H and O–H groups in total. The van der Waals surface area contributed by atoms with Crippen LogP contribution in [0.15, 0.2) is 0 Å². The van der Waals surface area contributed by atoms with Gasteiger partial charge in [-0.3, -0.25) is 4.90 Å². The maximum atomic E-state index is 2.78. The van der Waals surface area contributed by atoms with Crippen LogP contribution in [0.1, 0.15) is 54.9 Å². The summed E-state index contributed by atoms with van der Waals surface area (Å²) in [6, 6.07) is 2.11. The second-order valence-electron chi connectivity index (χ2n) is 5.92. The summed E-state index contributed by atoms with van der Waals surface area (Å²) in [5, 5.41) is 0. The Hall–Kier alpha value is -0.0400. The van der Waals surface area contributed by atoms with Crippen LogP contribution in [0.25, 0.3) is 0 Å². The van der Waals surface area contributed by atoms with Crippen molar-refractivity contribution in [1.82, 2.24) is 4.90 Å². The Morgan fingerprint density at radius 3 is 1.47 bits per heavy atom. The predicted octanol–water partition coefficient (Wildman–Crippen LogP) is 3.54. The Labute approximate surface area is 95.2 Å². The molecular formula is C14H27N. The SMILES string of the molecule is CC.CC.CC(C)(C)N1[C@H]2[C@H]3C[C@H]4[C@@H]1C324. The summed E-state index contributed by atoms with van der Waals surface area (Å²) >= 11 is 0. The molecule has 0 amide bonds. The average Bonchev–Trinajstić information content (AvgIpc) is 2.81. The topological polar surface area (TPSA) is 3.24 Å². The summed E-state index contributed by atoms with van der Waals surface area (Å²) in [6.07, 6.45) is 1.59. The quantitative estimate of drug-likeness (QED) is 0.590. The van der Waals surface area contributed by atoms with Crippen LogP contribution in [0.4, 0.5) is 0 Å². The van der Waals surface area contributed by atoms with Crippen molar-refractivity contribution in [1.29, 1.82) is 0 Å². The highest BCUT2D eigenvalue weighted by Gasteiger charge is 3.02. The largest absolute Gasteiger partial charge is 0.291 e. The molecule has 4 rings (SSSR count). The zero-order valence-corrected chi connectivity index (χ0v) is 11.5. The zero-order valence-electron chi connectivity index (χ0n) is 11.5. The van der Waals surface area contributed by atoms with E-state index in [1.54, 1.807) is 6.42 Å². The number of hydrogen-bond acceptors (Lipinski definition) is 1. The molecule has 88 valence electrons. The monoisotopic (exact) mass is 209 g/mol. The average molecular weight is 209 g/mol. The number of likely N-dealkylation sites (tertiary alicyclic amines) is 1. The van der Waals surface area contributed by atoms with E-state index in [1.807, 2.05) is 27.7 Å². The molecule has 0 aromatic heterocycles. The van der Waals surface area contributed by atoms with E-state index in [0.717, 1.165) is 29.3 Å². The summed E-state index contributed by atoms with van der Waals surface area (Å²) in [6.45, 7) is 15.1. The van der Waals surface area contributed by atoms with Crippen LogP contribution in [0.3, 0.4) is 0 Å². The lowest BCUT2D eigenvalue weighted by molar-refractivity contribution is 0.0497. The van der Waals surface area contributed by atoms with Crippen molar-refractivity contribution in [2.45, 2.75) is 72.5 Å². The number of fused-ring (bicyclic) bond motifs is 2. The van der Waals surface area contributed by atoms with Crippen LogP contribution in [0.2, 0.25) is 0 Å². The molecule has 1 nitrogen and oxygen atoms in total. The lowest BCUT2D eigenvalue weighted by Gasteiger charge is -2.42. The third-order valence-electron chi connectivity index (χ3n) is 4.73. The van der Waals surface area contributed by atoms with Crippen molar-refractivity contribution in [3.05, 3.63) is 0 Å². The van der Waals surface area contributed by atoms with Gasteiger partial charge in [-0.05, 0) is 39.0 Å². The molecule has 5 atom stereocenters. The van der Waals surface area contributed by atoms with Gasteiger partial charge in [0.15, 0.2) is 0 Å². The van der Waals surface area contributed by atoms with Gasteiger partial charge in [-0.25, -0.2) is 0 Å². The third kappa shape index (κ3) is 0.945. The van der Waals surface area contributed by atoms with Crippen LogP contribution < -0.4 is 0 Å². The summed E-state index contributed by atoms with van der Waals surface area (Å²) < 4.78 is 0. The van der Waals surface area contributed by atoms with Crippen LogP contribution >= 0.6 is 0 Å². The van der Waals surface area contributed by atoms with E-state index in [-0.39, 0.29) is 0 Å². The van der Waals surface area contributed by atoms with E-state index in [9.17, 15) is 0 Å². The number of piperidine rings is 2. The van der Waals surface area contributed by atoms with E-state index in [0.29, 0.717) is 5.54 Å². The fraction of sp³-hybridized carbons (Fsp3) is 1.00. The molecule has 15 heavy (non-hydrogen) atoms. The van der Waals surface area contributed by atoms with Gasteiger partial charge in [0.25, 0.3) is 0 Å². The predicted molar refractivity (Wildman–Crippen MR) is 65.9 cm³/mol. The van der Waals surface area contributed by atoms with Crippen LogP contribution in [-0.4, -0.2) is 22.5 Å². The molecule has 1 heteroatoms. The smallest absolute Gasteiger partial charge is 0.0217 e. The Morgan fingerprint density at radius 1 is 0.933 bits per heavy atom. The Bertz CT molecular complexity index is 243. The molecule has 0 aromatic carbocycles. The van der Waals surface area contributed by atoms with E-state index in [4.69, 9.17) is 0 Å². The summed E-state index contributed by atoms with van der Waals surface area (Å²) in [4.78, 5) is 2.78. The molecule has 1 aliphatic heterocycles. The van der Waals surface area contributed by atoms with Gasteiger partial charge < -0.3 is 0 Å². The molecule has 0 aromatic rings. The van der Waals surface area contributed by atoms with Crippen molar-refractivity contribution in [2.75, 3.05) is 0 Å². The molecule has 0 bridgehead atoms. The Morgan fingerprint density at radius 2 is 1.33 bits per heavy atom. The van der Waals surface area contributed by atoms with E-state index in [1.165, 1.54) is 0 Å². The van der Waals surface area contributed by atoms with Gasteiger partial charge >= 0.3 is 0 Å². The molecule has 1 heterocycles. The minimum absolute atomic E-state index is 0.461. The number of hydrogen-bond donors (Lipinski definition) is 0. The summed E-state index contributed by atoms with van der Waals surface area (Å²) in [5.41, 5.74) is 1.43. The van der Waals surface area contributed by atoms with Gasteiger partial charge in [-0.2, -0.15) is 0 Å². The van der Waals surface area contributed by atoms with Crippen molar-refractivity contribution in [3.63, 3.8) is 0 Å². The highest BCUT2D eigenvalue weighted by Crippen LogP contribution is 2.97. The van der Waals surface area contributed by atoms with Crippen LogP contribution in [0.5, 0.6) is 0 Å². The first-order valence-electron chi connectivity index (χ1n) is 6.88. The molecule has 3 aliphatic carbocycles.